The summed E-state index contributed by atoms with van der Waals surface area (Å²) in [6.07, 6.45) is 1.34. The van der Waals surface area contributed by atoms with Crippen LogP contribution < -0.4 is 5.32 Å². The average Bonchev–Trinajstić information content (AvgIpc) is 2.19. The van der Waals surface area contributed by atoms with Crippen molar-refractivity contribution in [1.29, 1.82) is 0 Å². The molecule has 0 spiro atoms. The first-order valence-electron chi connectivity index (χ1n) is 6.06. The monoisotopic (exact) mass is 198 g/mol. The summed E-state index contributed by atoms with van der Waals surface area (Å²) < 4.78 is 0. The molecule has 1 aliphatic heterocycles. The van der Waals surface area contributed by atoms with Crippen LogP contribution in [0.5, 0.6) is 0 Å². The second-order valence-corrected chi connectivity index (χ2v) is 5.09. The molecule has 0 aromatic rings. The third-order valence-electron chi connectivity index (χ3n) is 3.63. The van der Waals surface area contributed by atoms with Gasteiger partial charge in [0.15, 0.2) is 0 Å². The van der Waals surface area contributed by atoms with Crippen LogP contribution in [0.3, 0.4) is 0 Å². The first-order chi connectivity index (χ1) is 6.61. The highest BCUT2D eigenvalue weighted by Crippen LogP contribution is 2.19. The minimum atomic E-state index is 0.759. The summed E-state index contributed by atoms with van der Waals surface area (Å²) >= 11 is 0. The van der Waals surface area contributed by atoms with Crippen LogP contribution in [0.15, 0.2) is 0 Å². The lowest BCUT2D eigenvalue weighted by molar-refractivity contribution is 0.154. The smallest absolute Gasteiger partial charge is 0.0110 e. The lowest BCUT2D eigenvalue weighted by Gasteiger charge is -2.34. The van der Waals surface area contributed by atoms with Crippen molar-refractivity contribution < 1.29 is 0 Å². The van der Waals surface area contributed by atoms with Crippen LogP contribution >= 0.6 is 0 Å². The van der Waals surface area contributed by atoms with Crippen molar-refractivity contribution in [3.05, 3.63) is 0 Å². The van der Waals surface area contributed by atoms with Gasteiger partial charge in [-0.25, -0.2) is 0 Å². The van der Waals surface area contributed by atoms with E-state index < -0.39 is 0 Å². The van der Waals surface area contributed by atoms with Gasteiger partial charge in [0.2, 0.25) is 0 Å². The average molecular weight is 198 g/mol. The number of nitrogens with zero attached hydrogens (tertiary/aromatic N) is 1. The van der Waals surface area contributed by atoms with E-state index in [1.165, 1.54) is 32.6 Å². The highest BCUT2D eigenvalue weighted by Gasteiger charge is 2.19. The van der Waals surface area contributed by atoms with Gasteiger partial charge in [0, 0.05) is 32.2 Å². The second-order valence-electron chi connectivity index (χ2n) is 5.09. The Labute approximate surface area is 89.1 Å². The molecule has 2 nitrogen and oxygen atoms in total. The molecule has 0 bridgehead atoms. The van der Waals surface area contributed by atoms with E-state index in [-0.39, 0.29) is 0 Å². The van der Waals surface area contributed by atoms with Crippen LogP contribution in [0, 0.1) is 11.8 Å². The molecule has 14 heavy (non-hydrogen) atoms. The maximum Gasteiger partial charge on any atom is 0.0110 e. The topological polar surface area (TPSA) is 15.3 Å². The van der Waals surface area contributed by atoms with Crippen molar-refractivity contribution in [2.24, 2.45) is 11.8 Å². The van der Waals surface area contributed by atoms with E-state index >= 15 is 0 Å². The number of piperazine rings is 1. The number of hydrogen-bond donors (Lipinski definition) is 1. The minimum Gasteiger partial charge on any atom is -0.314 e. The van der Waals surface area contributed by atoms with Crippen LogP contribution in [0.25, 0.3) is 0 Å². The van der Waals surface area contributed by atoms with Crippen molar-refractivity contribution in [3.8, 4) is 0 Å². The molecule has 1 fully saturated rings. The molecule has 0 amide bonds. The van der Waals surface area contributed by atoms with Crippen LogP contribution in [0.2, 0.25) is 0 Å². The summed E-state index contributed by atoms with van der Waals surface area (Å²) in [5.74, 6) is 1.67. The standard InChI is InChI=1S/C12H26N2/c1-10(2)11(3)9-12(4)14-7-5-13-6-8-14/h10-13H,5-9H2,1-4H3. The van der Waals surface area contributed by atoms with Gasteiger partial charge >= 0.3 is 0 Å². The first-order valence-corrected chi connectivity index (χ1v) is 6.06. The van der Waals surface area contributed by atoms with Gasteiger partial charge in [0.05, 0.1) is 0 Å². The van der Waals surface area contributed by atoms with Crippen LogP contribution in [-0.4, -0.2) is 37.1 Å². The zero-order chi connectivity index (χ0) is 10.6. The van der Waals surface area contributed by atoms with Crippen molar-refractivity contribution in [2.75, 3.05) is 26.2 Å². The summed E-state index contributed by atoms with van der Waals surface area (Å²) in [6.45, 7) is 14.2. The second kappa shape index (κ2) is 5.72. The van der Waals surface area contributed by atoms with Gasteiger partial charge in [-0.3, -0.25) is 4.90 Å². The largest absolute Gasteiger partial charge is 0.314 e. The van der Waals surface area contributed by atoms with E-state index in [4.69, 9.17) is 0 Å². The Morgan fingerprint density at radius 1 is 1.07 bits per heavy atom. The van der Waals surface area contributed by atoms with Crippen molar-refractivity contribution >= 4 is 0 Å². The molecule has 1 N–H and O–H groups in total. The third-order valence-corrected chi connectivity index (χ3v) is 3.63. The number of hydrogen-bond acceptors (Lipinski definition) is 2. The van der Waals surface area contributed by atoms with E-state index in [0.29, 0.717) is 0 Å². The minimum absolute atomic E-state index is 0.759. The molecule has 0 radical (unpaired) electrons. The van der Waals surface area contributed by atoms with Gasteiger partial charge in [-0.05, 0) is 25.2 Å². The fourth-order valence-electron chi connectivity index (χ4n) is 2.08. The summed E-state index contributed by atoms with van der Waals surface area (Å²) in [6, 6.07) is 0.759. The van der Waals surface area contributed by atoms with E-state index in [1.54, 1.807) is 0 Å². The molecule has 0 aliphatic carbocycles. The Morgan fingerprint density at radius 3 is 2.14 bits per heavy atom. The molecule has 1 aliphatic rings. The fourth-order valence-corrected chi connectivity index (χ4v) is 2.08. The molecular formula is C12H26N2. The van der Waals surface area contributed by atoms with Crippen molar-refractivity contribution in [3.63, 3.8) is 0 Å². The first kappa shape index (κ1) is 12.0. The van der Waals surface area contributed by atoms with Gasteiger partial charge in [0.1, 0.15) is 0 Å². The molecule has 84 valence electrons. The zero-order valence-electron chi connectivity index (χ0n) is 10.2. The molecule has 1 saturated heterocycles. The van der Waals surface area contributed by atoms with Crippen molar-refractivity contribution in [1.82, 2.24) is 10.2 Å². The highest BCUT2D eigenvalue weighted by atomic mass is 15.2. The van der Waals surface area contributed by atoms with E-state index in [9.17, 15) is 0 Å². The van der Waals surface area contributed by atoms with E-state index in [2.05, 4.69) is 37.9 Å². The normalized spacial score (nSPS) is 23.8. The maximum absolute atomic E-state index is 3.40. The highest BCUT2D eigenvalue weighted by molar-refractivity contribution is 4.75. The van der Waals surface area contributed by atoms with Gasteiger partial charge in [-0.15, -0.1) is 0 Å². The summed E-state index contributed by atoms with van der Waals surface area (Å²) in [7, 11) is 0. The summed E-state index contributed by atoms with van der Waals surface area (Å²) in [5, 5.41) is 3.40. The maximum atomic E-state index is 3.40. The predicted molar refractivity (Wildman–Crippen MR) is 62.5 cm³/mol. The molecule has 2 atom stereocenters. The fraction of sp³-hybridized carbons (Fsp3) is 1.00. The SMILES string of the molecule is CC(C)C(C)CC(C)N1CCNCC1. The molecule has 1 heterocycles. The lowest BCUT2D eigenvalue weighted by Crippen LogP contribution is -2.48. The molecule has 2 unspecified atom stereocenters. The Kier molecular flexibility index (Phi) is 4.90. The zero-order valence-corrected chi connectivity index (χ0v) is 10.2. The molecule has 0 aromatic carbocycles. The van der Waals surface area contributed by atoms with Crippen LogP contribution in [0.4, 0.5) is 0 Å². The molecular weight excluding hydrogens is 172 g/mol. The lowest BCUT2D eigenvalue weighted by atomic mass is 9.91. The van der Waals surface area contributed by atoms with E-state index in [0.717, 1.165) is 17.9 Å². The molecule has 2 heteroatoms. The van der Waals surface area contributed by atoms with Crippen molar-refractivity contribution in [2.45, 2.75) is 40.2 Å². The Hall–Kier alpha value is -0.0800. The van der Waals surface area contributed by atoms with E-state index in [1.807, 2.05) is 0 Å². The summed E-state index contributed by atoms with van der Waals surface area (Å²) in [4.78, 5) is 2.62. The van der Waals surface area contributed by atoms with Gasteiger partial charge in [0.25, 0.3) is 0 Å². The Bertz CT molecular complexity index is 150. The quantitative estimate of drug-likeness (QED) is 0.743. The van der Waals surface area contributed by atoms with Gasteiger partial charge in [-0.1, -0.05) is 20.8 Å². The van der Waals surface area contributed by atoms with Crippen LogP contribution in [-0.2, 0) is 0 Å². The molecule has 1 rings (SSSR count). The van der Waals surface area contributed by atoms with Gasteiger partial charge < -0.3 is 5.32 Å². The summed E-state index contributed by atoms with van der Waals surface area (Å²) in [5.41, 5.74) is 0. The Balaban J connectivity index is 2.28. The number of nitrogens with one attached hydrogen (secondary N) is 1. The molecule has 0 aromatic heterocycles. The predicted octanol–water partition coefficient (Wildman–Crippen LogP) is 1.96. The van der Waals surface area contributed by atoms with Crippen LogP contribution in [0.1, 0.15) is 34.1 Å². The third kappa shape index (κ3) is 3.58. The number of rotatable bonds is 4. The molecule has 0 saturated carbocycles. The van der Waals surface area contributed by atoms with Gasteiger partial charge in [-0.2, -0.15) is 0 Å². The Morgan fingerprint density at radius 2 is 1.64 bits per heavy atom.